The molecule has 18 heteroatoms. The zero-order valence-corrected chi connectivity index (χ0v) is 44.7. The molecule has 1 amide bonds. The van der Waals surface area contributed by atoms with E-state index >= 15 is 0 Å². The predicted octanol–water partition coefficient (Wildman–Crippen LogP) is 10.2. The number of aromatic amines is 1. The van der Waals surface area contributed by atoms with Crippen LogP contribution in [0, 0.1) is 21.4 Å². The van der Waals surface area contributed by atoms with Crippen molar-refractivity contribution in [2.75, 3.05) is 63.7 Å². The Hall–Kier alpha value is -6.73. The maximum Gasteiger partial charge on any atom is 0.293 e. The molecule has 17 nitrogen and oxygen atoms in total. The lowest BCUT2D eigenvalue weighted by molar-refractivity contribution is -0.384. The number of nitro groups is 1. The molecule has 76 heavy (non-hydrogen) atoms. The second kappa shape index (κ2) is 21.7. The van der Waals surface area contributed by atoms with Crippen LogP contribution in [0.2, 0.25) is 0 Å². The highest BCUT2D eigenvalue weighted by atomic mass is 32.2. The van der Waals surface area contributed by atoms with Crippen LogP contribution in [0.15, 0.2) is 108 Å². The van der Waals surface area contributed by atoms with E-state index in [2.05, 4.69) is 67.9 Å². The number of aliphatic hydroxyl groups is 1. The number of anilines is 2. The van der Waals surface area contributed by atoms with E-state index in [1.165, 1.54) is 29.5 Å². The predicted molar refractivity (Wildman–Crippen MR) is 293 cm³/mol. The zero-order chi connectivity index (χ0) is 55.1. The number of hydrogen-bond donors (Lipinski definition) is 4. The first-order valence-electron chi connectivity index (χ1n) is 27.4. The van der Waals surface area contributed by atoms with E-state index in [0.717, 1.165) is 68.8 Å². The topological polar surface area (TPSA) is 205 Å². The number of aromatic nitrogens is 2. The molecule has 0 bridgehead atoms. The van der Waals surface area contributed by atoms with E-state index in [9.17, 15) is 31.2 Å². The number of nitrogens with zero attached hydrogens (tertiary/aromatic N) is 5. The van der Waals surface area contributed by atoms with Crippen LogP contribution in [0.5, 0.6) is 23.0 Å². The summed E-state index contributed by atoms with van der Waals surface area (Å²) in [5.41, 5.74) is 3.52. The van der Waals surface area contributed by atoms with Crippen molar-refractivity contribution in [1.82, 2.24) is 24.5 Å². The van der Waals surface area contributed by atoms with Crippen LogP contribution in [0.25, 0.3) is 11.0 Å². The van der Waals surface area contributed by atoms with Gasteiger partial charge in [-0.05, 0) is 141 Å². The average Bonchev–Trinajstić information content (AvgIpc) is 4.01. The number of nitrogens with one attached hydrogen (secondary N) is 3. The number of benzene rings is 4. The van der Waals surface area contributed by atoms with Gasteiger partial charge in [-0.2, -0.15) is 0 Å². The number of carbonyl (C=O) groups is 1. The van der Waals surface area contributed by atoms with E-state index in [-0.39, 0.29) is 40.3 Å². The summed E-state index contributed by atoms with van der Waals surface area (Å²) in [6.07, 6.45) is 9.94. The summed E-state index contributed by atoms with van der Waals surface area (Å²) >= 11 is 0. The van der Waals surface area contributed by atoms with Gasteiger partial charge in [-0.1, -0.05) is 44.2 Å². The number of piperidine rings is 1. The number of pyridine rings is 1. The third-order valence-electron chi connectivity index (χ3n) is 16.3. The minimum atomic E-state index is -4.62. The summed E-state index contributed by atoms with van der Waals surface area (Å²) in [5, 5.41) is 26.5. The van der Waals surface area contributed by atoms with Crippen molar-refractivity contribution in [1.29, 1.82) is 0 Å². The lowest BCUT2D eigenvalue weighted by Crippen LogP contribution is -2.60. The Bertz CT molecular complexity index is 3290. The molecule has 2 aliphatic carbocycles. The van der Waals surface area contributed by atoms with Gasteiger partial charge in [-0.25, -0.2) is 18.1 Å². The minimum Gasteiger partial charge on any atom is -0.493 e. The lowest BCUT2D eigenvalue weighted by Gasteiger charge is -2.58. The van der Waals surface area contributed by atoms with Gasteiger partial charge in [0.2, 0.25) is 0 Å². The number of methoxy groups -OCH3 is 2. The Morgan fingerprint density at radius 3 is 2.43 bits per heavy atom. The molecular weight excluding hydrogens is 985 g/mol. The molecule has 2 aliphatic heterocycles. The zero-order valence-electron chi connectivity index (χ0n) is 45.9. The third-order valence-corrected chi connectivity index (χ3v) is 17.7. The molecule has 4 heterocycles. The number of carbonyl (C=O) groups excluding carboxylic acids is 1. The van der Waals surface area contributed by atoms with Gasteiger partial charge in [0.15, 0.2) is 11.5 Å². The fraction of sp³-hybridized carbons (Fsp3) is 0.448. The van der Waals surface area contributed by atoms with Crippen molar-refractivity contribution in [3.05, 3.63) is 136 Å². The molecule has 2 saturated heterocycles. The van der Waals surface area contributed by atoms with Gasteiger partial charge in [-0.15, -0.1) is 0 Å². The summed E-state index contributed by atoms with van der Waals surface area (Å²) in [6, 6.07) is 26.4. The summed E-state index contributed by atoms with van der Waals surface area (Å²) < 4.78 is 66.3. The fourth-order valence-corrected chi connectivity index (χ4v) is 12.9. The summed E-state index contributed by atoms with van der Waals surface area (Å²) in [7, 11) is -1.48. The monoisotopic (exact) mass is 1060 g/mol. The molecule has 1 spiro atoms. The number of H-pyrrole nitrogens is 1. The first-order chi connectivity index (χ1) is 37.2. The Kier molecular flexibility index (Phi) is 14.3. The molecule has 10 rings (SSSR count). The number of sulfonamides is 1. The Morgan fingerprint density at radius 1 is 0.934 bits per heavy atom. The number of amides is 1. The molecule has 1 unspecified atom stereocenters. The highest BCUT2D eigenvalue weighted by Crippen LogP contribution is 2.53. The number of piperazine rings is 1. The van der Waals surface area contributed by atoms with Crippen molar-refractivity contribution in [2.24, 2.45) is 11.3 Å². The van der Waals surface area contributed by atoms with Crippen LogP contribution >= 0.6 is 0 Å². The number of rotatable bonds is 17. The number of nitro benzene ring substituents is 1. The summed E-state index contributed by atoms with van der Waals surface area (Å²) in [6.45, 7) is 8.16. The fourth-order valence-electron chi connectivity index (χ4n) is 11.9. The molecule has 0 radical (unpaired) electrons. The molecule has 2 saturated carbocycles. The van der Waals surface area contributed by atoms with Gasteiger partial charge in [0, 0.05) is 90.0 Å². The maximum absolute atomic E-state index is 14.1. The molecule has 2 aromatic heterocycles. The Labute approximate surface area is 447 Å². The van der Waals surface area contributed by atoms with Gasteiger partial charge in [-0.3, -0.25) is 24.7 Å². The van der Waals surface area contributed by atoms with Gasteiger partial charge in [0.05, 0.1) is 41.4 Å². The summed E-state index contributed by atoms with van der Waals surface area (Å²) in [4.78, 5) is 39.7. The van der Waals surface area contributed by atoms with Crippen LogP contribution in [0.1, 0.15) is 114 Å². The molecule has 4 aromatic carbocycles. The molecular formula is C58H70N8O9S. The second-order valence-corrected chi connectivity index (χ2v) is 23.5. The third kappa shape index (κ3) is 11.4. The molecule has 4 N–H and O–H groups in total. The molecule has 1 atom stereocenters. The van der Waals surface area contributed by atoms with Crippen LogP contribution in [-0.4, -0.2) is 109 Å². The van der Waals surface area contributed by atoms with E-state index in [4.69, 9.17) is 14.2 Å². The quantitative estimate of drug-likeness (QED) is 0.0496. The summed E-state index contributed by atoms with van der Waals surface area (Å²) in [5.74, 6) is 0.980. The van der Waals surface area contributed by atoms with E-state index in [0.29, 0.717) is 73.5 Å². The van der Waals surface area contributed by atoms with Crippen molar-refractivity contribution in [3.63, 3.8) is 0 Å². The molecule has 402 valence electrons. The van der Waals surface area contributed by atoms with Gasteiger partial charge < -0.3 is 34.5 Å². The van der Waals surface area contributed by atoms with Crippen molar-refractivity contribution in [3.8, 4) is 23.0 Å². The second-order valence-electron chi connectivity index (χ2n) is 21.8. The van der Waals surface area contributed by atoms with E-state index in [1.54, 1.807) is 69.8 Å². The standard InChI is InChI=1S/C58H70N8O9S/c1-38(2)46-8-6-7-9-47(46)51-37-63(36-40-10-15-52(73-4)54(28-40)74-5)26-27-65(51)43-32-58(33-43)21-24-64(25-22-58)42-11-13-48(53(30-42)75-44-29-41-18-23-59-55(41)61-35-44)56(67)62-76(71,72)45-12-14-49(50(31-45)66(69)70)60-34-39-16-19-57(3,68)20-17-39/h6-15,18,23,28-31,35,38-39,43,51,60,68H,16-17,19-22,24-27,32-34,36-37H2,1-5H3,(H,59,61)(H,62,67)/i36D2. The first-order valence-corrected chi connectivity index (χ1v) is 27.9. The van der Waals surface area contributed by atoms with Crippen LogP contribution in [0.3, 0.4) is 0 Å². The largest absolute Gasteiger partial charge is 0.493 e. The van der Waals surface area contributed by atoms with E-state index < -0.39 is 43.5 Å². The van der Waals surface area contributed by atoms with Crippen molar-refractivity contribution >= 4 is 44.0 Å². The van der Waals surface area contributed by atoms with Gasteiger partial charge in [0.25, 0.3) is 21.6 Å². The van der Waals surface area contributed by atoms with Crippen molar-refractivity contribution < 1.29 is 40.2 Å². The molecule has 4 aliphatic rings. The maximum atomic E-state index is 14.1. The van der Waals surface area contributed by atoms with Gasteiger partial charge in [0.1, 0.15) is 22.8 Å². The number of hydrogen-bond acceptors (Lipinski definition) is 14. The number of ether oxygens (including phenoxy) is 3. The SMILES string of the molecule is [2H]C([2H])(c1ccc(OC)c(OC)c1)N1CCN(C2CC3(CCN(c4ccc(C(=O)NS(=O)(=O)c5ccc(NCC6CCC(C)(O)CC6)c([N+](=O)[O-])c5)c(Oc5cnc6[nH]ccc6c5)c4)CC3)C2)C(c2ccccc2C(C)C)C1. The lowest BCUT2D eigenvalue weighted by atomic mass is 9.59. The van der Waals surface area contributed by atoms with E-state index in [1.807, 2.05) is 11.0 Å². The molecule has 6 aromatic rings. The Morgan fingerprint density at radius 2 is 1.70 bits per heavy atom. The Balaban J connectivity index is 0.841. The van der Waals surface area contributed by atoms with Crippen molar-refractivity contribution in [2.45, 2.75) is 107 Å². The van der Waals surface area contributed by atoms with Crippen LogP contribution in [-0.2, 0) is 16.5 Å². The smallest absolute Gasteiger partial charge is 0.293 e. The van der Waals surface area contributed by atoms with Crippen LogP contribution < -0.4 is 29.1 Å². The first kappa shape index (κ1) is 50.1. The average molecular weight is 1060 g/mol. The highest BCUT2D eigenvalue weighted by molar-refractivity contribution is 7.90. The molecule has 4 fully saturated rings. The minimum absolute atomic E-state index is 0.0220. The normalized spacial score (nSPS) is 21.9. The highest BCUT2D eigenvalue weighted by Gasteiger charge is 2.50. The van der Waals surface area contributed by atoms with Crippen LogP contribution in [0.4, 0.5) is 17.1 Å². The number of fused-ring (bicyclic) bond motifs is 1. The van der Waals surface area contributed by atoms with Gasteiger partial charge >= 0.3 is 0 Å².